The fourth-order valence-electron chi connectivity index (χ4n) is 2.86. The van der Waals surface area contributed by atoms with Crippen LogP contribution in [0.1, 0.15) is 42.7 Å². The van der Waals surface area contributed by atoms with E-state index in [0.717, 1.165) is 23.6 Å². The molecular weight excluding hydrogens is 256 g/mol. The average Bonchev–Trinajstić information content (AvgIpc) is 2.44. The van der Waals surface area contributed by atoms with Gasteiger partial charge in [0.1, 0.15) is 0 Å². The SMILES string of the molecule is Cc1cc(C(CN)CCN2CCCCC2)ccc1Cl. The van der Waals surface area contributed by atoms with Gasteiger partial charge in [-0.3, -0.25) is 0 Å². The highest BCUT2D eigenvalue weighted by molar-refractivity contribution is 6.31. The van der Waals surface area contributed by atoms with Crippen molar-refractivity contribution in [2.75, 3.05) is 26.2 Å². The molecule has 2 rings (SSSR count). The predicted octanol–water partition coefficient (Wildman–Crippen LogP) is 3.57. The van der Waals surface area contributed by atoms with Gasteiger partial charge in [0.05, 0.1) is 0 Å². The molecule has 0 bridgehead atoms. The van der Waals surface area contributed by atoms with Crippen LogP contribution in [0.5, 0.6) is 0 Å². The normalized spacial score (nSPS) is 18.5. The first-order chi connectivity index (χ1) is 9.20. The molecule has 0 radical (unpaired) electrons. The summed E-state index contributed by atoms with van der Waals surface area (Å²) in [4.78, 5) is 2.58. The lowest BCUT2D eigenvalue weighted by Crippen LogP contribution is -2.32. The summed E-state index contributed by atoms with van der Waals surface area (Å²) < 4.78 is 0. The van der Waals surface area contributed by atoms with Crippen LogP contribution in [0.4, 0.5) is 0 Å². The van der Waals surface area contributed by atoms with Crippen molar-refractivity contribution in [3.05, 3.63) is 34.3 Å². The summed E-state index contributed by atoms with van der Waals surface area (Å²) in [6.45, 7) is 6.47. The molecule has 1 atom stereocenters. The average molecular weight is 281 g/mol. The molecule has 2 nitrogen and oxygen atoms in total. The van der Waals surface area contributed by atoms with Gasteiger partial charge in [0.15, 0.2) is 0 Å². The van der Waals surface area contributed by atoms with Gasteiger partial charge in [0.25, 0.3) is 0 Å². The lowest BCUT2D eigenvalue weighted by atomic mass is 9.94. The Morgan fingerprint density at radius 3 is 2.63 bits per heavy atom. The molecule has 1 aliphatic rings. The van der Waals surface area contributed by atoms with E-state index < -0.39 is 0 Å². The largest absolute Gasteiger partial charge is 0.330 e. The van der Waals surface area contributed by atoms with Crippen molar-refractivity contribution in [3.8, 4) is 0 Å². The summed E-state index contributed by atoms with van der Waals surface area (Å²) in [5.41, 5.74) is 8.44. The summed E-state index contributed by atoms with van der Waals surface area (Å²) in [5, 5.41) is 0.843. The summed E-state index contributed by atoms with van der Waals surface area (Å²) in [7, 11) is 0. The topological polar surface area (TPSA) is 29.3 Å². The first-order valence-corrected chi connectivity index (χ1v) is 7.77. The Labute approximate surface area is 121 Å². The minimum atomic E-state index is 0.456. The minimum absolute atomic E-state index is 0.456. The van der Waals surface area contributed by atoms with Crippen molar-refractivity contribution < 1.29 is 0 Å². The molecule has 0 spiro atoms. The van der Waals surface area contributed by atoms with E-state index in [1.54, 1.807) is 0 Å². The van der Waals surface area contributed by atoms with Crippen LogP contribution in [0.3, 0.4) is 0 Å². The van der Waals surface area contributed by atoms with E-state index in [9.17, 15) is 0 Å². The maximum Gasteiger partial charge on any atom is 0.0435 e. The van der Waals surface area contributed by atoms with Crippen molar-refractivity contribution in [2.45, 2.75) is 38.5 Å². The highest BCUT2D eigenvalue weighted by Gasteiger charge is 2.15. The third-order valence-corrected chi connectivity index (χ3v) is 4.60. The van der Waals surface area contributed by atoms with Gasteiger partial charge in [-0.15, -0.1) is 0 Å². The Kier molecular flexibility index (Phi) is 5.68. The molecule has 0 saturated carbocycles. The number of halogens is 1. The molecule has 1 aliphatic heterocycles. The minimum Gasteiger partial charge on any atom is -0.330 e. The number of benzene rings is 1. The van der Waals surface area contributed by atoms with Gasteiger partial charge >= 0.3 is 0 Å². The van der Waals surface area contributed by atoms with Crippen molar-refractivity contribution in [1.82, 2.24) is 4.90 Å². The van der Waals surface area contributed by atoms with E-state index >= 15 is 0 Å². The molecule has 1 aromatic carbocycles. The number of nitrogens with zero attached hydrogens (tertiary/aromatic N) is 1. The molecule has 1 unspecified atom stereocenters. The van der Waals surface area contributed by atoms with E-state index in [4.69, 9.17) is 17.3 Å². The zero-order valence-corrected chi connectivity index (χ0v) is 12.6. The number of likely N-dealkylation sites (tertiary alicyclic amines) is 1. The Morgan fingerprint density at radius 2 is 2.00 bits per heavy atom. The van der Waals surface area contributed by atoms with Gasteiger partial charge in [-0.25, -0.2) is 0 Å². The highest BCUT2D eigenvalue weighted by atomic mass is 35.5. The molecule has 0 amide bonds. The number of aryl methyl sites for hydroxylation is 1. The number of rotatable bonds is 5. The zero-order chi connectivity index (χ0) is 13.7. The van der Waals surface area contributed by atoms with E-state index in [1.807, 2.05) is 6.07 Å². The molecule has 0 aromatic heterocycles. The Bertz CT molecular complexity index is 400. The fourth-order valence-corrected chi connectivity index (χ4v) is 2.98. The van der Waals surface area contributed by atoms with Crippen molar-refractivity contribution in [2.24, 2.45) is 5.73 Å². The third kappa shape index (κ3) is 4.20. The van der Waals surface area contributed by atoms with E-state index in [2.05, 4.69) is 24.0 Å². The van der Waals surface area contributed by atoms with Gasteiger partial charge < -0.3 is 10.6 Å². The Morgan fingerprint density at radius 1 is 1.26 bits per heavy atom. The molecule has 2 N–H and O–H groups in total. The number of hydrogen-bond donors (Lipinski definition) is 1. The molecule has 0 aliphatic carbocycles. The van der Waals surface area contributed by atoms with Crippen LogP contribution in [0.25, 0.3) is 0 Å². The van der Waals surface area contributed by atoms with Crippen LogP contribution in [-0.4, -0.2) is 31.1 Å². The van der Waals surface area contributed by atoms with Gasteiger partial charge in [-0.2, -0.15) is 0 Å². The second-order valence-corrected chi connectivity index (χ2v) is 6.04. The lowest BCUT2D eigenvalue weighted by molar-refractivity contribution is 0.221. The van der Waals surface area contributed by atoms with Crippen molar-refractivity contribution >= 4 is 11.6 Å². The van der Waals surface area contributed by atoms with Crippen LogP contribution >= 0.6 is 11.6 Å². The number of hydrogen-bond acceptors (Lipinski definition) is 2. The van der Waals surface area contributed by atoms with Gasteiger partial charge in [-0.1, -0.05) is 30.2 Å². The summed E-state index contributed by atoms with van der Waals surface area (Å²) in [5.74, 6) is 0.456. The van der Waals surface area contributed by atoms with Gasteiger partial charge in [0, 0.05) is 5.02 Å². The lowest BCUT2D eigenvalue weighted by Gasteiger charge is -2.28. The molecule has 3 heteroatoms. The fraction of sp³-hybridized carbons (Fsp3) is 0.625. The monoisotopic (exact) mass is 280 g/mol. The van der Waals surface area contributed by atoms with Crippen LogP contribution in [0.15, 0.2) is 18.2 Å². The Hall–Kier alpha value is -0.570. The molecule has 1 fully saturated rings. The first-order valence-electron chi connectivity index (χ1n) is 7.39. The molecule has 1 saturated heterocycles. The Balaban J connectivity index is 1.93. The highest BCUT2D eigenvalue weighted by Crippen LogP contribution is 2.24. The number of piperidine rings is 1. The van der Waals surface area contributed by atoms with Crippen LogP contribution in [0.2, 0.25) is 5.02 Å². The quantitative estimate of drug-likeness (QED) is 0.893. The smallest absolute Gasteiger partial charge is 0.0435 e. The molecule has 1 heterocycles. The second kappa shape index (κ2) is 7.28. The van der Waals surface area contributed by atoms with Crippen LogP contribution in [-0.2, 0) is 0 Å². The molecular formula is C16H25ClN2. The molecule has 106 valence electrons. The van der Waals surface area contributed by atoms with E-state index in [0.29, 0.717) is 5.92 Å². The van der Waals surface area contributed by atoms with Crippen LogP contribution in [0, 0.1) is 6.92 Å². The van der Waals surface area contributed by atoms with E-state index in [-0.39, 0.29) is 0 Å². The summed E-state index contributed by atoms with van der Waals surface area (Å²) >= 11 is 6.09. The zero-order valence-electron chi connectivity index (χ0n) is 11.9. The van der Waals surface area contributed by atoms with E-state index in [1.165, 1.54) is 44.5 Å². The molecule has 1 aromatic rings. The van der Waals surface area contributed by atoms with Crippen molar-refractivity contribution in [1.29, 1.82) is 0 Å². The second-order valence-electron chi connectivity index (χ2n) is 5.63. The predicted molar refractivity (Wildman–Crippen MR) is 82.9 cm³/mol. The standard InChI is InChI=1S/C16H25ClN2/c1-13-11-14(5-6-16(13)17)15(12-18)7-10-19-8-3-2-4-9-19/h5-6,11,15H,2-4,7-10,12,18H2,1H3. The number of nitrogens with two attached hydrogens (primary N) is 1. The van der Waals surface area contributed by atoms with Crippen molar-refractivity contribution in [3.63, 3.8) is 0 Å². The third-order valence-electron chi connectivity index (χ3n) is 4.18. The molecule has 19 heavy (non-hydrogen) atoms. The first kappa shape index (κ1) is 14.8. The van der Waals surface area contributed by atoms with Gasteiger partial charge in [0.2, 0.25) is 0 Å². The van der Waals surface area contributed by atoms with Crippen LogP contribution < -0.4 is 5.73 Å². The summed E-state index contributed by atoms with van der Waals surface area (Å²) in [6, 6.07) is 6.31. The summed E-state index contributed by atoms with van der Waals surface area (Å²) in [6.07, 6.45) is 5.26. The maximum absolute atomic E-state index is 6.09. The van der Waals surface area contributed by atoms with Gasteiger partial charge in [-0.05, 0) is 75.5 Å². The maximum atomic E-state index is 6.09.